The number of hydrazone groups is 1. The highest BCUT2D eigenvalue weighted by Gasteiger charge is 2.32. The van der Waals surface area contributed by atoms with E-state index in [0.29, 0.717) is 23.1 Å². The van der Waals surface area contributed by atoms with Gasteiger partial charge in [0.15, 0.2) is 0 Å². The van der Waals surface area contributed by atoms with Crippen LogP contribution in [0, 0.1) is 0 Å². The van der Waals surface area contributed by atoms with Crippen molar-refractivity contribution in [3.8, 4) is 5.75 Å². The highest BCUT2D eigenvalue weighted by atomic mass is 16.5. The molecule has 4 rings (SSSR count). The first kappa shape index (κ1) is 16.0. The lowest BCUT2D eigenvalue weighted by Crippen LogP contribution is -2.36. The first-order valence-corrected chi connectivity index (χ1v) is 8.36. The molecule has 0 bridgehead atoms. The second-order valence-corrected chi connectivity index (χ2v) is 5.88. The maximum absolute atomic E-state index is 12.7. The smallest absolute Gasteiger partial charge is 0.282 e. The number of carbonyl (C=O) groups excluding carboxylic acids is 2. The molecular weight excluding hydrogens is 328 g/mol. The Morgan fingerprint density at radius 2 is 1.54 bits per heavy atom. The fourth-order valence-electron chi connectivity index (χ4n) is 3.06. The second-order valence-electron chi connectivity index (χ2n) is 5.88. The van der Waals surface area contributed by atoms with Crippen LogP contribution in [0.1, 0.15) is 33.2 Å². The molecule has 0 atom stereocenters. The molecule has 0 N–H and O–H groups in total. The Labute approximate surface area is 150 Å². The van der Waals surface area contributed by atoms with Gasteiger partial charge in [-0.25, -0.2) is 0 Å². The Morgan fingerprint density at radius 1 is 0.923 bits per heavy atom. The quantitative estimate of drug-likeness (QED) is 0.533. The average Bonchev–Trinajstić information content (AvgIpc) is 2.67. The molecule has 0 saturated carbocycles. The molecule has 0 unspecified atom stereocenters. The lowest BCUT2D eigenvalue weighted by Gasteiger charge is -2.22. The minimum atomic E-state index is -0.415. The molecule has 128 valence electrons. The van der Waals surface area contributed by atoms with Gasteiger partial charge in [0.05, 0.1) is 23.9 Å². The van der Waals surface area contributed by atoms with E-state index in [2.05, 4.69) is 5.10 Å². The van der Waals surface area contributed by atoms with Crippen LogP contribution in [0.3, 0.4) is 0 Å². The molecule has 3 aromatic rings. The molecule has 26 heavy (non-hydrogen) atoms. The van der Waals surface area contributed by atoms with Crippen molar-refractivity contribution < 1.29 is 14.3 Å². The molecule has 3 aromatic carbocycles. The minimum Gasteiger partial charge on any atom is -0.494 e. The summed E-state index contributed by atoms with van der Waals surface area (Å²) < 4.78 is 5.40. The number of nitrogens with zero attached hydrogens (tertiary/aromatic N) is 2. The number of benzene rings is 3. The van der Waals surface area contributed by atoms with Crippen molar-refractivity contribution in [3.05, 3.63) is 77.4 Å². The lowest BCUT2D eigenvalue weighted by molar-refractivity contribution is 0.0616. The van der Waals surface area contributed by atoms with Crippen molar-refractivity contribution >= 4 is 28.8 Å². The van der Waals surface area contributed by atoms with Gasteiger partial charge in [0.2, 0.25) is 0 Å². The third kappa shape index (κ3) is 2.63. The Bertz CT molecular complexity index is 988. The Hall–Kier alpha value is -3.47. The molecule has 0 saturated heterocycles. The molecule has 0 fully saturated rings. The van der Waals surface area contributed by atoms with E-state index >= 15 is 0 Å². The number of ether oxygens (including phenoxy) is 1. The first-order valence-electron chi connectivity index (χ1n) is 8.36. The monoisotopic (exact) mass is 344 g/mol. The van der Waals surface area contributed by atoms with Crippen molar-refractivity contribution in [1.82, 2.24) is 5.01 Å². The number of amides is 2. The summed E-state index contributed by atoms with van der Waals surface area (Å²) in [4.78, 5) is 25.5. The normalized spacial score (nSPS) is 13.7. The van der Waals surface area contributed by atoms with E-state index < -0.39 is 11.8 Å². The van der Waals surface area contributed by atoms with Gasteiger partial charge in [-0.1, -0.05) is 24.3 Å². The van der Waals surface area contributed by atoms with Gasteiger partial charge in [0.25, 0.3) is 11.8 Å². The van der Waals surface area contributed by atoms with Gasteiger partial charge >= 0.3 is 0 Å². The topological polar surface area (TPSA) is 59.0 Å². The third-order valence-electron chi connectivity index (χ3n) is 4.26. The van der Waals surface area contributed by atoms with Crippen molar-refractivity contribution in [2.75, 3.05) is 6.61 Å². The standard InChI is InChI=1S/C21H16N2O3/c1-2-26-16-11-9-14(10-12-16)13-22-23-20(24)17-7-3-5-15-6-4-8-18(19(15)17)21(23)25/h3-13H,2H2,1H3/b22-13-. The van der Waals surface area contributed by atoms with Crippen LogP contribution in [0.15, 0.2) is 65.8 Å². The SMILES string of the molecule is CCOc1ccc(/C=N\N2C(=O)c3cccc4cccc(c34)C2=O)cc1. The van der Waals surface area contributed by atoms with Crippen LogP contribution >= 0.6 is 0 Å². The van der Waals surface area contributed by atoms with Crippen LogP contribution in [-0.4, -0.2) is 29.6 Å². The molecule has 0 aromatic heterocycles. The van der Waals surface area contributed by atoms with Gasteiger partial charge in [0.1, 0.15) is 5.75 Å². The van der Waals surface area contributed by atoms with Crippen molar-refractivity contribution in [2.24, 2.45) is 5.10 Å². The van der Waals surface area contributed by atoms with Crippen molar-refractivity contribution in [2.45, 2.75) is 6.92 Å². The van der Waals surface area contributed by atoms with E-state index in [1.54, 1.807) is 12.1 Å². The van der Waals surface area contributed by atoms with Gasteiger partial charge < -0.3 is 4.74 Å². The van der Waals surface area contributed by atoms with Gasteiger partial charge in [-0.2, -0.15) is 10.1 Å². The van der Waals surface area contributed by atoms with Crippen molar-refractivity contribution in [3.63, 3.8) is 0 Å². The predicted molar refractivity (Wildman–Crippen MR) is 99.7 cm³/mol. The van der Waals surface area contributed by atoms with Crippen LogP contribution in [0.25, 0.3) is 10.8 Å². The second kappa shape index (κ2) is 6.44. The minimum absolute atomic E-state index is 0.415. The van der Waals surface area contributed by atoms with E-state index in [-0.39, 0.29) is 0 Å². The molecule has 0 spiro atoms. The number of hydrogen-bond donors (Lipinski definition) is 0. The van der Waals surface area contributed by atoms with Gasteiger partial charge in [-0.3, -0.25) is 9.59 Å². The molecule has 5 heteroatoms. The highest BCUT2D eigenvalue weighted by molar-refractivity contribution is 6.25. The summed E-state index contributed by atoms with van der Waals surface area (Å²) in [7, 11) is 0. The average molecular weight is 344 g/mol. The largest absolute Gasteiger partial charge is 0.494 e. The van der Waals surface area contributed by atoms with Crippen LogP contribution in [0.4, 0.5) is 0 Å². The zero-order valence-electron chi connectivity index (χ0n) is 14.2. The van der Waals surface area contributed by atoms with Crippen LogP contribution in [-0.2, 0) is 0 Å². The fraction of sp³-hybridized carbons (Fsp3) is 0.0952. The summed E-state index contributed by atoms with van der Waals surface area (Å²) in [6.45, 7) is 2.51. The highest BCUT2D eigenvalue weighted by Crippen LogP contribution is 2.30. The molecule has 5 nitrogen and oxygen atoms in total. The first-order chi connectivity index (χ1) is 12.7. The Kier molecular flexibility index (Phi) is 3.97. The maximum Gasteiger partial charge on any atom is 0.282 e. The van der Waals surface area contributed by atoms with E-state index in [1.165, 1.54) is 6.21 Å². The summed E-state index contributed by atoms with van der Waals surface area (Å²) in [5.74, 6) is -0.0710. The lowest BCUT2D eigenvalue weighted by atomic mass is 9.95. The van der Waals surface area contributed by atoms with Gasteiger partial charge in [-0.15, -0.1) is 0 Å². The molecular formula is C21H16N2O3. The van der Waals surface area contributed by atoms with E-state index in [1.807, 2.05) is 55.5 Å². The zero-order chi connectivity index (χ0) is 18.1. The zero-order valence-corrected chi connectivity index (χ0v) is 14.2. The molecule has 0 aliphatic carbocycles. The summed E-state index contributed by atoms with van der Waals surface area (Å²) in [5, 5.41) is 6.63. The summed E-state index contributed by atoms with van der Waals surface area (Å²) in [6.07, 6.45) is 1.50. The maximum atomic E-state index is 12.7. The van der Waals surface area contributed by atoms with Gasteiger partial charge in [0, 0.05) is 5.39 Å². The number of hydrogen-bond acceptors (Lipinski definition) is 4. The molecule has 1 aliphatic rings. The third-order valence-corrected chi connectivity index (χ3v) is 4.26. The van der Waals surface area contributed by atoms with Gasteiger partial charge in [-0.05, 0) is 54.3 Å². The molecule has 0 radical (unpaired) electrons. The summed E-state index contributed by atoms with van der Waals surface area (Å²) >= 11 is 0. The van der Waals surface area contributed by atoms with Crippen LogP contribution in [0.2, 0.25) is 0 Å². The molecule has 1 aliphatic heterocycles. The summed E-state index contributed by atoms with van der Waals surface area (Å²) in [5.41, 5.74) is 1.74. The van der Waals surface area contributed by atoms with E-state index in [0.717, 1.165) is 21.7 Å². The predicted octanol–water partition coefficient (Wildman–Crippen LogP) is 3.87. The Balaban J connectivity index is 1.68. The summed E-state index contributed by atoms with van der Waals surface area (Å²) in [6, 6.07) is 18.1. The fourth-order valence-corrected chi connectivity index (χ4v) is 3.06. The van der Waals surface area contributed by atoms with Crippen molar-refractivity contribution in [1.29, 1.82) is 0 Å². The number of imide groups is 1. The molecule has 1 heterocycles. The number of rotatable bonds is 4. The van der Waals surface area contributed by atoms with Crippen LogP contribution in [0.5, 0.6) is 5.75 Å². The van der Waals surface area contributed by atoms with E-state index in [4.69, 9.17) is 4.74 Å². The number of carbonyl (C=O) groups is 2. The molecule has 2 amide bonds. The Morgan fingerprint density at radius 3 is 2.12 bits per heavy atom. The van der Waals surface area contributed by atoms with E-state index in [9.17, 15) is 9.59 Å². The van der Waals surface area contributed by atoms with Crippen LogP contribution < -0.4 is 4.74 Å².